The lowest BCUT2D eigenvalue weighted by atomic mass is 9.91. The molecule has 0 heterocycles. The van der Waals surface area contributed by atoms with Crippen LogP contribution in [0.25, 0.3) is 5.57 Å². The lowest BCUT2D eigenvalue weighted by Gasteiger charge is -2.15. The van der Waals surface area contributed by atoms with E-state index in [-0.39, 0.29) is 0 Å². The number of hydrogen-bond acceptors (Lipinski definition) is 1. The van der Waals surface area contributed by atoms with Gasteiger partial charge in [-0.15, -0.1) is 0 Å². The van der Waals surface area contributed by atoms with Crippen molar-refractivity contribution in [3.05, 3.63) is 35.4 Å². The van der Waals surface area contributed by atoms with Gasteiger partial charge in [-0.2, -0.15) is 0 Å². The first-order valence-corrected chi connectivity index (χ1v) is 4.32. The molecule has 1 heteroatoms. The van der Waals surface area contributed by atoms with Gasteiger partial charge in [0.2, 0.25) is 0 Å². The normalized spacial score (nSPS) is 15.2. The lowest BCUT2D eigenvalue weighted by Crippen LogP contribution is -1.95. The molecule has 1 aliphatic rings. The molecule has 0 aromatic heterocycles. The Morgan fingerprint density at radius 1 is 1.25 bits per heavy atom. The summed E-state index contributed by atoms with van der Waals surface area (Å²) < 4.78 is 0. The largest absolute Gasteiger partial charge is 0.399 e. The third-order valence-corrected chi connectivity index (χ3v) is 2.27. The van der Waals surface area contributed by atoms with E-state index >= 15 is 0 Å². The molecule has 0 radical (unpaired) electrons. The highest BCUT2D eigenvalue weighted by atomic mass is 14.5. The molecular formula is C11H13N. The summed E-state index contributed by atoms with van der Waals surface area (Å²) in [6.07, 6.45) is 4.71. The Morgan fingerprint density at radius 3 is 2.50 bits per heavy atom. The van der Waals surface area contributed by atoms with Gasteiger partial charge in [-0.05, 0) is 48.6 Å². The van der Waals surface area contributed by atoms with Gasteiger partial charge in [-0.3, -0.25) is 0 Å². The zero-order chi connectivity index (χ0) is 8.55. The topological polar surface area (TPSA) is 26.0 Å². The monoisotopic (exact) mass is 159 g/mol. The second-order valence-corrected chi connectivity index (χ2v) is 3.40. The number of anilines is 1. The maximum absolute atomic E-state index is 5.75. The summed E-state index contributed by atoms with van der Waals surface area (Å²) in [5, 5.41) is 0. The zero-order valence-corrected chi connectivity index (χ0v) is 7.30. The van der Waals surface area contributed by atoms with E-state index in [4.69, 9.17) is 5.73 Å². The van der Waals surface area contributed by atoms with Gasteiger partial charge >= 0.3 is 0 Å². The number of nitrogen functional groups attached to an aromatic ring is 1. The summed E-state index contributed by atoms with van der Waals surface area (Å²) in [4.78, 5) is 0. The van der Waals surface area contributed by atoms with Crippen molar-refractivity contribution in [1.29, 1.82) is 0 Å². The van der Waals surface area contributed by atoms with Crippen molar-refractivity contribution in [3.63, 3.8) is 0 Å². The second-order valence-electron chi connectivity index (χ2n) is 3.40. The third kappa shape index (κ3) is 1.22. The molecule has 1 aromatic carbocycles. The summed E-state index contributed by atoms with van der Waals surface area (Å²) in [7, 11) is 0. The summed E-state index contributed by atoms with van der Waals surface area (Å²) in [5.41, 5.74) is 10.6. The average molecular weight is 159 g/mol. The van der Waals surface area contributed by atoms with E-state index in [1.165, 1.54) is 29.5 Å². The van der Waals surface area contributed by atoms with E-state index in [1.54, 1.807) is 0 Å². The first kappa shape index (κ1) is 7.41. The van der Waals surface area contributed by atoms with Gasteiger partial charge < -0.3 is 5.73 Å². The van der Waals surface area contributed by atoms with Crippen molar-refractivity contribution in [3.8, 4) is 0 Å². The average Bonchev–Trinajstić information content (AvgIpc) is 1.79. The number of aryl methyl sites for hydroxylation is 1. The van der Waals surface area contributed by atoms with Gasteiger partial charge in [0, 0.05) is 5.69 Å². The van der Waals surface area contributed by atoms with Crippen LogP contribution in [0.15, 0.2) is 24.3 Å². The summed E-state index contributed by atoms with van der Waals surface area (Å²) in [5.74, 6) is 0. The molecule has 0 saturated carbocycles. The SMILES string of the molecule is Cc1cc(N)cc(C2=CCC2)c1. The predicted molar refractivity (Wildman–Crippen MR) is 52.8 cm³/mol. The van der Waals surface area contributed by atoms with E-state index < -0.39 is 0 Å². The fourth-order valence-corrected chi connectivity index (χ4v) is 1.55. The van der Waals surface area contributed by atoms with Gasteiger partial charge in [0.1, 0.15) is 0 Å². The summed E-state index contributed by atoms with van der Waals surface area (Å²) in [6.45, 7) is 2.08. The van der Waals surface area contributed by atoms with Gasteiger partial charge in [-0.1, -0.05) is 12.1 Å². The van der Waals surface area contributed by atoms with Crippen LogP contribution < -0.4 is 5.73 Å². The van der Waals surface area contributed by atoms with Gasteiger partial charge in [0.05, 0.1) is 0 Å². The molecule has 0 unspecified atom stereocenters. The minimum absolute atomic E-state index is 0.873. The van der Waals surface area contributed by atoms with Crippen LogP contribution in [0, 0.1) is 6.92 Å². The Bertz CT molecular complexity index is 317. The molecule has 62 valence electrons. The van der Waals surface area contributed by atoms with Crippen LogP contribution in [0.4, 0.5) is 5.69 Å². The fraction of sp³-hybridized carbons (Fsp3) is 0.273. The Morgan fingerprint density at radius 2 is 2.00 bits per heavy atom. The number of nitrogens with two attached hydrogens (primary N) is 1. The van der Waals surface area contributed by atoms with E-state index in [9.17, 15) is 0 Å². The highest BCUT2D eigenvalue weighted by molar-refractivity contribution is 5.72. The molecule has 0 amide bonds. The van der Waals surface area contributed by atoms with Crippen molar-refractivity contribution < 1.29 is 0 Å². The van der Waals surface area contributed by atoms with Crippen LogP contribution >= 0.6 is 0 Å². The number of hydrogen-bond donors (Lipinski definition) is 1. The van der Waals surface area contributed by atoms with Crippen LogP contribution in [0.1, 0.15) is 24.0 Å². The van der Waals surface area contributed by atoms with Crippen LogP contribution in [-0.4, -0.2) is 0 Å². The van der Waals surface area contributed by atoms with Crippen LogP contribution in [0.2, 0.25) is 0 Å². The van der Waals surface area contributed by atoms with Crippen molar-refractivity contribution >= 4 is 11.3 Å². The van der Waals surface area contributed by atoms with E-state index in [0.717, 1.165) is 5.69 Å². The molecule has 2 rings (SSSR count). The van der Waals surface area contributed by atoms with Crippen molar-refractivity contribution in [2.75, 3.05) is 5.73 Å². The van der Waals surface area contributed by atoms with Crippen molar-refractivity contribution in [1.82, 2.24) is 0 Å². The van der Waals surface area contributed by atoms with E-state index in [2.05, 4.69) is 25.1 Å². The molecule has 0 fully saturated rings. The predicted octanol–water partition coefficient (Wildman–Crippen LogP) is 2.75. The van der Waals surface area contributed by atoms with Gasteiger partial charge in [0.25, 0.3) is 0 Å². The molecule has 12 heavy (non-hydrogen) atoms. The highest BCUT2D eigenvalue weighted by Crippen LogP contribution is 2.30. The highest BCUT2D eigenvalue weighted by Gasteiger charge is 2.08. The quantitative estimate of drug-likeness (QED) is 0.626. The van der Waals surface area contributed by atoms with Crippen molar-refractivity contribution in [2.24, 2.45) is 0 Å². The minimum Gasteiger partial charge on any atom is -0.399 e. The molecule has 0 aliphatic heterocycles. The zero-order valence-electron chi connectivity index (χ0n) is 7.30. The molecule has 1 nitrogen and oxygen atoms in total. The molecule has 2 N–H and O–H groups in total. The Balaban J connectivity index is 2.43. The molecule has 0 saturated heterocycles. The Kier molecular flexibility index (Phi) is 1.65. The van der Waals surface area contributed by atoms with E-state index in [0.29, 0.717) is 0 Å². The molecule has 0 spiro atoms. The Hall–Kier alpha value is -1.24. The standard InChI is InChI=1S/C11H13N/c1-8-5-10(7-11(12)6-8)9-3-2-4-9/h3,5-7H,2,4,12H2,1H3. The van der Waals surface area contributed by atoms with E-state index in [1.807, 2.05) is 6.07 Å². The number of rotatable bonds is 1. The first-order valence-electron chi connectivity index (χ1n) is 4.32. The minimum atomic E-state index is 0.873. The van der Waals surface area contributed by atoms with Crippen LogP contribution in [0.3, 0.4) is 0 Å². The molecule has 0 atom stereocenters. The Labute approximate surface area is 72.9 Å². The molecule has 0 bridgehead atoms. The summed E-state index contributed by atoms with van der Waals surface area (Å²) >= 11 is 0. The van der Waals surface area contributed by atoms with Gasteiger partial charge in [-0.25, -0.2) is 0 Å². The molecular weight excluding hydrogens is 146 g/mol. The number of allylic oxidation sites excluding steroid dienone is 2. The maximum Gasteiger partial charge on any atom is 0.0322 e. The lowest BCUT2D eigenvalue weighted by molar-refractivity contribution is 0.988. The second kappa shape index (κ2) is 2.67. The smallest absolute Gasteiger partial charge is 0.0322 e. The van der Waals surface area contributed by atoms with Crippen LogP contribution in [-0.2, 0) is 0 Å². The van der Waals surface area contributed by atoms with Crippen molar-refractivity contribution in [2.45, 2.75) is 19.8 Å². The molecule has 1 aliphatic carbocycles. The third-order valence-electron chi connectivity index (χ3n) is 2.27. The molecule has 1 aromatic rings. The van der Waals surface area contributed by atoms with Crippen LogP contribution in [0.5, 0.6) is 0 Å². The number of benzene rings is 1. The maximum atomic E-state index is 5.75. The fourth-order valence-electron chi connectivity index (χ4n) is 1.55. The van der Waals surface area contributed by atoms with Gasteiger partial charge in [0.15, 0.2) is 0 Å². The summed E-state index contributed by atoms with van der Waals surface area (Å²) in [6, 6.07) is 6.25. The first-order chi connectivity index (χ1) is 5.75.